The van der Waals surface area contributed by atoms with E-state index in [2.05, 4.69) is 4.90 Å². The van der Waals surface area contributed by atoms with Crippen molar-refractivity contribution in [3.8, 4) is 5.75 Å². The second-order valence-corrected chi connectivity index (χ2v) is 4.68. The molecule has 0 amide bonds. The van der Waals surface area contributed by atoms with Crippen LogP contribution in [0.15, 0.2) is 18.2 Å². The largest absolute Gasteiger partial charge is 0.492 e. The van der Waals surface area contributed by atoms with E-state index in [1.165, 1.54) is 12.8 Å². The van der Waals surface area contributed by atoms with Gasteiger partial charge in [-0.15, -0.1) is 0 Å². The van der Waals surface area contributed by atoms with Crippen LogP contribution in [0, 0.1) is 0 Å². The van der Waals surface area contributed by atoms with Gasteiger partial charge in [-0.1, -0.05) is 0 Å². The van der Waals surface area contributed by atoms with Gasteiger partial charge in [0, 0.05) is 24.7 Å². The van der Waals surface area contributed by atoms with Gasteiger partial charge in [0.2, 0.25) is 0 Å². The number of hydrogen-bond donors (Lipinski definition) is 1. The molecule has 2 aliphatic rings. The van der Waals surface area contributed by atoms with E-state index in [1.54, 1.807) is 18.2 Å². The summed E-state index contributed by atoms with van der Waals surface area (Å²) in [5.74, 6) is -0.0480. The normalized spacial score (nSPS) is 20.2. The molecule has 1 saturated carbocycles. The summed E-state index contributed by atoms with van der Waals surface area (Å²) in [5, 5.41) is 8.99. The minimum atomic E-state index is -0.880. The number of ether oxygens (including phenoxy) is 1. The smallest absolute Gasteiger partial charge is 0.335 e. The minimum Gasteiger partial charge on any atom is -0.492 e. The van der Waals surface area contributed by atoms with Gasteiger partial charge in [0.05, 0.1) is 5.56 Å². The van der Waals surface area contributed by atoms with Gasteiger partial charge in [0.25, 0.3) is 0 Å². The summed E-state index contributed by atoms with van der Waals surface area (Å²) >= 11 is 0. The van der Waals surface area contributed by atoms with E-state index in [0.29, 0.717) is 18.2 Å². The monoisotopic (exact) mass is 233 g/mol. The van der Waals surface area contributed by atoms with Crippen LogP contribution in [-0.2, 0) is 6.54 Å². The Bertz CT molecular complexity index is 454. The number of benzene rings is 1. The molecule has 0 radical (unpaired) electrons. The summed E-state index contributed by atoms with van der Waals surface area (Å²) in [6.45, 7) is 2.43. The lowest BCUT2D eigenvalue weighted by atomic mass is 10.1. The lowest BCUT2D eigenvalue weighted by molar-refractivity contribution is 0.0696. The fourth-order valence-corrected chi connectivity index (χ4v) is 2.30. The maximum absolute atomic E-state index is 10.9. The highest BCUT2D eigenvalue weighted by Gasteiger charge is 2.30. The van der Waals surface area contributed by atoms with Gasteiger partial charge in [-0.25, -0.2) is 4.79 Å². The summed E-state index contributed by atoms with van der Waals surface area (Å²) in [5.41, 5.74) is 1.33. The summed E-state index contributed by atoms with van der Waals surface area (Å²) < 4.78 is 5.66. The Morgan fingerprint density at radius 1 is 1.41 bits per heavy atom. The van der Waals surface area contributed by atoms with Crippen LogP contribution in [-0.4, -0.2) is 35.2 Å². The number of fused-ring (bicyclic) bond motifs is 1. The van der Waals surface area contributed by atoms with Crippen LogP contribution in [0.4, 0.5) is 0 Å². The third-order valence-corrected chi connectivity index (χ3v) is 3.38. The Labute approximate surface area is 99.8 Å². The Balaban J connectivity index is 1.90. The van der Waals surface area contributed by atoms with Crippen molar-refractivity contribution in [3.05, 3.63) is 29.3 Å². The first-order valence-corrected chi connectivity index (χ1v) is 5.97. The van der Waals surface area contributed by atoms with Crippen molar-refractivity contribution >= 4 is 5.97 Å². The third-order valence-electron chi connectivity index (χ3n) is 3.38. The van der Waals surface area contributed by atoms with Crippen molar-refractivity contribution in [1.82, 2.24) is 4.90 Å². The maximum Gasteiger partial charge on any atom is 0.335 e. The second-order valence-electron chi connectivity index (χ2n) is 4.68. The van der Waals surface area contributed by atoms with E-state index in [-0.39, 0.29) is 0 Å². The molecule has 1 aromatic rings. The molecule has 4 nitrogen and oxygen atoms in total. The van der Waals surface area contributed by atoms with Gasteiger partial charge in [-0.3, -0.25) is 4.90 Å². The van der Waals surface area contributed by atoms with Crippen molar-refractivity contribution < 1.29 is 14.6 Å². The van der Waals surface area contributed by atoms with Crippen molar-refractivity contribution in [2.75, 3.05) is 13.2 Å². The van der Waals surface area contributed by atoms with Crippen LogP contribution in [0.5, 0.6) is 5.75 Å². The summed E-state index contributed by atoms with van der Waals surface area (Å²) in [6.07, 6.45) is 2.52. The molecular formula is C13H15NO3. The lowest BCUT2D eigenvalue weighted by Gasteiger charge is -2.18. The van der Waals surface area contributed by atoms with Gasteiger partial charge in [0.15, 0.2) is 0 Å². The molecule has 0 unspecified atom stereocenters. The standard InChI is InChI=1S/C13H15NO3/c15-13(16)9-1-4-12-10(7-9)8-14(5-6-17-12)11-2-3-11/h1,4,7,11H,2-3,5-6,8H2,(H,15,16). The highest BCUT2D eigenvalue weighted by atomic mass is 16.5. The van der Waals surface area contributed by atoms with Gasteiger partial charge < -0.3 is 9.84 Å². The Hall–Kier alpha value is -1.55. The maximum atomic E-state index is 10.9. The van der Waals surface area contributed by atoms with E-state index in [1.807, 2.05) is 0 Å². The molecular weight excluding hydrogens is 218 g/mol. The lowest BCUT2D eigenvalue weighted by Crippen LogP contribution is -2.27. The van der Waals surface area contributed by atoms with E-state index in [0.717, 1.165) is 24.4 Å². The zero-order valence-electron chi connectivity index (χ0n) is 9.56. The zero-order valence-corrected chi connectivity index (χ0v) is 9.56. The Morgan fingerprint density at radius 2 is 2.24 bits per heavy atom. The number of carbonyl (C=O) groups is 1. The Kier molecular flexibility index (Phi) is 2.52. The van der Waals surface area contributed by atoms with Crippen LogP contribution in [0.1, 0.15) is 28.8 Å². The molecule has 1 fully saturated rings. The van der Waals surface area contributed by atoms with E-state index >= 15 is 0 Å². The fourth-order valence-electron chi connectivity index (χ4n) is 2.30. The van der Waals surface area contributed by atoms with Crippen LogP contribution in [0.3, 0.4) is 0 Å². The van der Waals surface area contributed by atoms with Crippen LogP contribution < -0.4 is 4.74 Å². The fraction of sp³-hybridized carbons (Fsp3) is 0.462. The summed E-state index contributed by atoms with van der Waals surface area (Å²) in [7, 11) is 0. The average molecular weight is 233 g/mol. The Morgan fingerprint density at radius 3 is 2.94 bits per heavy atom. The number of nitrogens with zero attached hydrogens (tertiary/aromatic N) is 1. The quantitative estimate of drug-likeness (QED) is 0.845. The van der Waals surface area contributed by atoms with Crippen LogP contribution >= 0.6 is 0 Å². The van der Waals surface area contributed by atoms with Gasteiger partial charge in [-0.2, -0.15) is 0 Å². The number of carboxylic acid groups (broad SMARTS) is 1. The first-order valence-electron chi connectivity index (χ1n) is 5.97. The van der Waals surface area contributed by atoms with Crippen molar-refractivity contribution in [2.45, 2.75) is 25.4 Å². The molecule has 17 heavy (non-hydrogen) atoms. The SMILES string of the molecule is O=C(O)c1ccc2c(c1)CN(C1CC1)CCO2. The minimum absolute atomic E-state index is 0.338. The van der Waals surface area contributed by atoms with Gasteiger partial charge >= 0.3 is 5.97 Å². The average Bonchev–Trinajstić information content (AvgIpc) is 3.14. The number of aromatic carboxylic acids is 1. The van der Waals surface area contributed by atoms with Crippen LogP contribution in [0.2, 0.25) is 0 Å². The third kappa shape index (κ3) is 2.13. The number of carboxylic acids is 1. The van der Waals surface area contributed by atoms with E-state index < -0.39 is 5.97 Å². The summed E-state index contributed by atoms with van der Waals surface area (Å²) in [6, 6.07) is 5.79. The van der Waals surface area contributed by atoms with E-state index in [9.17, 15) is 4.79 Å². The summed E-state index contributed by atoms with van der Waals surface area (Å²) in [4.78, 5) is 13.3. The van der Waals surface area contributed by atoms with Crippen molar-refractivity contribution in [1.29, 1.82) is 0 Å². The molecule has 4 heteroatoms. The highest BCUT2D eigenvalue weighted by Crippen LogP contribution is 2.32. The molecule has 0 saturated heterocycles. The predicted molar refractivity (Wildman–Crippen MR) is 62.3 cm³/mol. The first kappa shape index (κ1) is 10.6. The number of hydrogen-bond acceptors (Lipinski definition) is 3. The van der Waals surface area contributed by atoms with Gasteiger partial charge in [0.1, 0.15) is 12.4 Å². The van der Waals surface area contributed by atoms with Crippen molar-refractivity contribution in [2.24, 2.45) is 0 Å². The molecule has 1 N–H and O–H groups in total. The topological polar surface area (TPSA) is 49.8 Å². The predicted octanol–water partition coefficient (Wildman–Crippen LogP) is 1.74. The molecule has 0 atom stereocenters. The zero-order chi connectivity index (χ0) is 11.8. The molecule has 0 bridgehead atoms. The second kappa shape index (κ2) is 4.04. The molecule has 1 aliphatic carbocycles. The highest BCUT2D eigenvalue weighted by molar-refractivity contribution is 5.88. The number of rotatable bonds is 2. The van der Waals surface area contributed by atoms with Crippen LogP contribution in [0.25, 0.3) is 0 Å². The molecule has 1 heterocycles. The van der Waals surface area contributed by atoms with Crippen molar-refractivity contribution in [3.63, 3.8) is 0 Å². The molecule has 90 valence electrons. The molecule has 0 aromatic heterocycles. The first-order chi connectivity index (χ1) is 8.24. The molecule has 1 aromatic carbocycles. The molecule has 0 spiro atoms. The molecule has 1 aliphatic heterocycles. The van der Waals surface area contributed by atoms with E-state index in [4.69, 9.17) is 9.84 Å². The molecule has 3 rings (SSSR count). The van der Waals surface area contributed by atoms with Gasteiger partial charge in [-0.05, 0) is 31.0 Å².